The summed E-state index contributed by atoms with van der Waals surface area (Å²) in [6.45, 7) is 2.05. The van der Waals surface area contributed by atoms with E-state index in [1.165, 1.54) is 0 Å². The molecule has 0 aromatic carbocycles. The van der Waals surface area contributed by atoms with Crippen LogP contribution in [0.5, 0.6) is 0 Å². The van der Waals surface area contributed by atoms with Crippen molar-refractivity contribution in [2.24, 2.45) is 17.6 Å². The van der Waals surface area contributed by atoms with Gasteiger partial charge in [-0.05, 0) is 36.8 Å². The van der Waals surface area contributed by atoms with E-state index in [4.69, 9.17) is 5.73 Å². The summed E-state index contributed by atoms with van der Waals surface area (Å²) in [5.74, 6) is 1.77. The highest BCUT2D eigenvalue weighted by Gasteiger charge is 2.33. The summed E-state index contributed by atoms with van der Waals surface area (Å²) >= 11 is 0. The number of primary amides is 1. The molecule has 5 nitrogen and oxygen atoms in total. The Kier molecular flexibility index (Phi) is 2.74. The maximum Gasteiger partial charge on any atom is 0.269 e. The number of carbonyl (C=O) groups excluding carboxylic acids is 1. The lowest BCUT2D eigenvalue weighted by Crippen LogP contribution is -2.22. The minimum Gasteiger partial charge on any atom is -0.364 e. The van der Waals surface area contributed by atoms with Crippen LogP contribution in [0.15, 0.2) is 24.3 Å². The molecule has 1 aromatic heterocycles. The number of rotatable bonds is 2. The van der Waals surface area contributed by atoms with Gasteiger partial charge >= 0.3 is 0 Å². The molecule has 0 radical (unpaired) electrons. The third-order valence-corrected chi connectivity index (χ3v) is 3.85. The molecule has 94 valence electrons. The van der Waals surface area contributed by atoms with Gasteiger partial charge < -0.3 is 10.6 Å². The SMILES string of the molecule is NC(=O)c1ccc(N2C[C@H]3CC=CC[C@@H]3C2)nn1. The predicted molar refractivity (Wildman–Crippen MR) is 68.1 cm³/mol. The van der Waals surface area contributed by atoms with E-state index in [1.807, 2.05) is 6.07 Å². The Balaban J connectivity index is 1.74. The lowest BCUT2D eigenvalue weighted by atomic mass is 9.86. The Labute approximate surface area is 106 Å². The number of allylic oxidation sites excluding steroid dienone is 2. The number of anilines is 1. The molecule has 0 unspecified atom stereocenters. The van der Waals surface area contributed by atoms with Crippen molar-refractivity contribution in [3.05, 3.63) is 30.0 Å². The van der Waals surface area contributed by atoms with Crippen molar-refractivity contribution in [2.45, 2.75) is 12.8 Å². The third-order valence-electron chi connectivity index (χ3n) is 3.85. The van der Waals surface area contributed by atoms with Crippen LogP contribution in [-0.2, 0) is 0 Å². The first-order valence-corrected chi connectivity index (χ1v) is 6.27. The zero-order valence-electron chi connectivity index (χ0n) is 10.1. The molecule has 0 saturated carbocycles. The highest BCUT2D eigenvalue weighted by atomic mass is 16.1. The largest absolute Gasteiger partial charge is 0.364 e. The van der Waals surface area contributed by atoms with Crippen molar-refractivity contribution in [1.29, 1.82) is 0 Å². The minimum atomic E-state index is -0.534. The van der Waals surface area contributed by atoms with Gasteiger partial charge in [0.05, 0.1) is 0 Å². The van der Waals surface area contributed by atoms with E-state index in [9.17, 15) is 4.79 Å². The van der Waals surface area contributed by atoms with Gasteiger partial charge in [-0.3, -0.25) is 4.79 Å². The molecule has 0 spiro atoms. The summed E-state index contributed by atoms with van der Waals surface area (Å²) in [7, 11) is 0. The van der Waals surface area contributed by atoms with Crippen LogP contribution in [0.2, 0.25) is 0 Å². The van der Waals surface area contributed by atoms with Gasteiger partial charge in [-0.25, -0.2) is 0 Å². The highest BCUT2D eigenvalue weighted by molar-refractivity contribution is 5.90. The fourth-order valence-corrected chi connectivity index (χ4v) is 2.83. The van der Waals surface area contributed by atoms with Crippen LogP contribution in [0.4, 0.5) is 5.82 Å². The van der Waals surface area contributed by atoms with Crippen molar-refractivity contribution in [3.63, 3.8) is 0 Å². The smallest absolute Gasteiger partial charge is 0.269 e. The molecule has 1 aliphatic heterocycles. The first kappa shape index (κ1) is 11.2. The Bertz CT molecular complexity index is 466. The van der Waals surface area contributed by atoms with E-state index < -0.39 is 5.91 Å². The van der Waals surface area contributed by atoms with E-state index in [2.05, 4.69) is 27.2 Å². The summed E-state index contributed by atoms with van der Waals surface area (Å²) in [6, 6.07) is 3.47. The summed E-state index contributed by atoms with van der Waals surface area (Å²) in [6.07, 6.45) is 6.86. The zero-order valence-corrected chi connectivity index (χ0v) is 10.1. The molecule has 2 atom stereocenters. The second-order valence-corrected chi connectivity index (χ2v) is 5.01. The van der Waals surface area contributed by atoms with Crippen molar-refractivity contribution < 1.29 is 4.79 Å². The molecule has 0 bridgehead atoms. The van der Waals surface area contributed by atoms with Gasteiger partial charge in [0, 0.05) is 13.1 Å². The number of amides is 1. The monoisotopic (exact) mass is 244 g/mol. The Morgan fingerprint density at radius 2 is 1.83 bits per heavy atom. The summed E-state index contributed by atoms with van der Waals surface area (Å²) in [5.41, 5.74) is 5.37. The predicted octanol–water partition coefficient (Wildman–Crippen LogP) is 0.978. The fourth-order valence-electron chi connectivity index (χ4n) is 2.83. The molecule has 1 saturated heterocycles. The second-order valence-electron chi connectivity index (χ2n) is 5.01. The number of nitrogens with two attached hydrogens (primary N) is 1. The molecular formula is C13H16N4O. The van der Waals surface area contributed by atoms with E-state index in [-0.39, 0.29) is 5.69 Å². The molecular weight excluding hydrogens is 228 g/mol. The van der Waals surface area contributed by atoms with Crippen LogP contribution in [0.25, 0.3) is 0 Å². The van der Waals surface area contributed by atoms with E-state index in [1.54, 1.807) is 6.07 Å². The van der Waals surface area contributed by atoms with Gasteiger partial charge in [0.1, 0.15) is 0 Å². The van der Waals surface area contributed by atoms with E-state index in [0.29, 0.717) is 0 Å². The molecule has 1 aliphatic carbocycles. The molecule has 1 fully saturated rings. The number of hydrogen-bond donors (Lipinski definition) is 1. The standard InChI is InChI=1S/C13H16N4O/c14-13(18)11-5-6-12(16-15-11)17-7-9-3-1-2-4-10(9)8-17/h1-2,5-6,9-10H,3-4,7-8H2,(H2,14,18)/t9-,10-/m1/s1. The molecule has 18 heavy (non-hydrogen) atoms. The van der Waals surface area contributed by atoms with Crippen LogP contribution in [-0.4, -0.2) is 29.2 Å². The number of aromatic nitrogens is 2. The van der Waals surface area contributed by atoms with Crippen molar-refractivity contribution >= 4 is 11.7 Å². The van der Waals surface area contributed by atoms with Crippen molar-refractivity contribution in [1.82, 2.24) is 10.2 Å². The summed E-state index contributed by atoms with van der Waals surface area (Å²) in [5, 5.41) is 7.95. The number of carbonyl (C=O) groups is 1. The number of hydrogen-bond acceptors (Lipinski definition) is 4. The van der Waals surface area contributed by atoms with Gasteiger partial charge in [0.25, 0.3) is 5.91 Å². The maximum absolute atomic E-state index is 10.9. The van der Waals surface area contributed by atoms with Crippen molar-refractivity contribution in [3.8, 4) is 0 Å². The molecule has 5 heteroatoms. The van der Waals surface area contributed by atoms with Crippen LogP contribution >= 0.6 is 0 Å². The third kappa shape index (κ3) is 1.96. The van der Waals surface area contributed by atoms with Gasteiger partial charge in [0.15, 0.2) is 11.5 Å². The summed E-state index contributed by atoms with van der Waals surface area (Å²) < 4.78 is 0. The molecule has 2 heterocycles. The fraction of sp³-hybridized carbons (Fsp3) is 0.462. The Hall–Kier alpha value is -1.91. The maximum atomic E-state index is 10.9. The van der Waals surface area contributed by atoms with Gasteiger partial charge in [-0.2, -0.15) is 0 Å². The lowest BCUT2D eigenvalue weighted by molar-refractivity contribution is 0.0994. The van der Waals surface area contributed by atoms with Gasteiger partial charge in [0.2, 0.25) is 0 Å². The Morgan fingerprint density at radius 3 is 2.33 bits per heavy atom. The highest BCUT2D eigenvalue weighted by Crippen LogP contribution is 2.34. The topological polar surface area (TPSA) is 72.1 Å². The van der Waals surface area contributed by atoms with Gasteiger partial charge in [-0.15, -0.1) is 10.2 Å². The first-order chi connectivity index (χ1) is 8.74. The summed E-state index contributed by atoms with van der Waals surface area (Å²) in [4.78, 5) is 13.2. The molecule has 2 N–H and O–H groups in total. The molecule has 1 aromatic rings. The van der Waals surface area contributed by atoms with E-state index in [0.717, 1.165) is 43.6 Å². The lowest BCUT2D eigenvalue weighted by Gasteiger charge is -2.17. The normalized spacial score (nSPS) is 26.1. The quantitative estimate of drug-likeness (QED) is 0.787. The van der Waals surface area contributed by atoms with Crippen LogP contribution in [0.1, 0.15) is 23.3 Å². The second kappa shape index (κ2) is 4.40. The average Bonchev–Trinajstić information content (AvgIpc) is 2.82. The van der Waals surface area contributed by atoms with Crippen LogP contribution < -0.4 is 10.6 Å². The number of fused-ring (bicyclic) bond motifs is 1. The average molecular weight is 244 g/mol. The number of nitrogens with zero attached hydrogens (tertiary/aromatic N) is 3. The van der Waals surface area contributed by atoms with Gasteiger partial charge in [-0.1, -0.05) is 12.2 Å². The van der Waals surface area contributed by atoms with Crippen molar-refractivity contribution in [2.75, 3.05) is 18.0 Å². The van der Waals surface area contributed by atoms with Crippen LogP contribution in [0.3, 0.4) is 0 Å². The molecule has 3 rings (SSSR count). The minimum absolute atomic E-state index is 0.219. The molecule has 1 amide bonds. The first-order valence-electron chi connectivity index (χ1n) is 6.27. The zero-order chi connectivity index (χ0) is 12.5. The molecule has 2 aliphatic rings. The Morgan fingerprint density at radius 1 is 1.17 bits per heavy atom. The van der Waals surface area contributed by atoms with Crippen LogP contribution in [0, 0.1) is 11.8 Å². The van der Waals surface area contributed by atoms with E-state index >= 15 is 0 Å².